The van der Waals surface area contributed by atoms with Crippen molar-refractivity contribution in [1.82, 2.24) is 4.90 Å². The quantitative estimate of drug-likeness (QED) is 0.665. The van der Waals surface area contributed by atoms with E-state index in [1.165, 1.54) is 4.90 Å². The van der Waals surface area contributed by atoms with Gasteiger partial charge in [-0.3, -0.25) is 14.5 Å². The number of amides is 2. The van der Waals surface area contributed by atoms with Crippen molar-refractivity contribution in [3.63, 3.8) is 0 Å². The lowest BCUT2D eigenvalue weighted by atomic mass is 10.2. The SMILES string of the molecule is CCCCN1C(=O)S/C(=C\c2ccc(-c3cccc(Cl)c3)o2)C1=O. The van der Waals surface area contributed by atoms with Gasteiger partial charge in [0.2, 0.25) is 0 Å². The molecule has 3 rings (SSSR count). The van der Waals surface area contributed by atoms with Crippen molar-refractivity contribution in [2.75, 3.05) is 6.54 Å². The maximum absolute atomic E-state index is 12.3. The standard InChI is InChI=1S/C18H16ClNO3S/c1-2-3-9-20-17(21)16(24-18(20)22)11-14-7-8-15(23-14)12-5-4-6-13(19)10-12/h4-8,10-11H,2-3,9H2,1H3/b16-11-. The van der Waals surface area contributed by atoms with Gasteiger partial charge in [0.05, 0.1) is 4.91 Å². The van der Waals surface area contributed by atoms with Crippen LogP contribution in [0.25, 0.3) is 17.4 Å². The van der Waals surface area contributed by atoms with E-state index >= 15 is 0 Å². The molecule has 1 fully saturated rings. The highest BCUT2D eigenvalue weighted by Crippen LogP contribution is 2.33. The molecule has 2 heterocycles. The van der Waals surface area contributed by atoms with E-state index in [0.717, 1.165) is 30.2 Å². The molecule has 1 aromatic heterocycles. The van der Waals surface area contributed by atoms with E-state index < -0.39 is 0 Å². The van der Waals surface area contributed by atoms with E-state index in [4.69, 9.17) is 16.0 Å². The number of nitrogens with zero attached hydrogens (tertiary/aromatic N) is 1. The molecule has 6 heteroatoms. The number of furan rings is 1. The topological polar surface area (TPSA) is 50.5 Å². The zero-order chi connectivity index (χ0) is 17.1. The Morgan fingerprint density at radius 1 is 1.25 bits per heavy atom. The van der Waals surface area contributed by atoms with Gasteiger partial charge in [-0.25, -0.2) is 0 Å². The van der Waals surface area contributed by atoms with Gasteiger partial charge in [0.1, 0.15) is 11.5 Å². The molecule has 4 nitrogen and oxygen atoms in total. The highest BCUT2D eigenvalue weighted by atomic mass is 35.5. The number of carbonyl (C=O) groups excluding carboxylic acids is 2. The average Bonchev–Trinajstić information content (AvgIpc) is 3.12. The number of halogens is 1. The lowest BCUT2D eigenvalue weighted by molar-refractivity contribution is -0.122. The first-order valence-electron chi connectivity index (χ1n) is 7.69. The Morgan fingerprint density at radius 2 is 2.08 bits per heavy atom. The first-order chi connectivity index (χ1) is 11.6. The third kappa shape index (κ3) is 3.57. The smallest absolute Gasteiger partial charge is 0.293 e. The van der Waals surface area contributed by atoms with Crippen molar-refractivity contribution in [2.45, 2.75) is 19.8 Å². The van der Waals surface area contributed by atoms with Crippen LogP contribution >= 0.6 is 23.4 Å². The largest absolute Gasteiger partial charge is 0.457 e. The van der Waals surface area contributed by atoms with Crippen molar-refractivity contribution < 1.29 is 14.0 Å². The Balaban J connectivity index is 1.80. The fraction of sp³-hybridized carbons (Fsp3) is 0.222. The van der Waals surface area contributed by atoms with Crippen LogP contribution in [-0.4, -0.2) is 22.6 Å². The van der Waals surface area contributed by atoms with Gasteiger partial charge >= 0.3 is 0 Å². The molecule has 0 atom stereocenters. The first-order valence-corrected chi connectivity index (χ1v) is 8.89. The molecule has 2 amide bonds. The van der Waals surface area contributed by atoms with Crippen LogP contribution in [0.4, 0.5) is 4.79 Å². The fourth-order valence-corrected chi connectivity index (χ4v) is 3.40. The molecule has 2 aromatic rings. The number of benzene rings is 1. The van der Waals surface area contributed by atoms with Crippen molar-refractivity contribution in [3.8, 4) is 11.3 Å². The Hall–Kier alpha value is -1.98. The van der Waals surface area contributed by atoms with E-state index in [1.54, 1.807) is 18.2 Å². The van der Waals surface area contributed by atoms with Crippen LogP contribution in [-0.2, 0) is 4.79 Å². The first kappa shape index (κ1) is 16.9. The molecule has 1 saturated heterocycles. The van der Waals surface area contributed by atoms with Gasteiger partial charge in [-0.2, -0.15) is 0 Å². The predicted octanol–water partition coefficient (Wildman–Crippen LogP) is 5.44. The maximum Gasteiger partial charge on any atom is 0.293 e. The Labute approximate surface area is 149 Å². The molecule has 0 spiro atoms. The van der Waals surface area contributed by atoms with Crippen LogP contribution in [0.3, 0.4) is 0 Å². The third-order valence-corrected chi connectivity index (χ3v) is 4.76. The van der Waals surface area contributed by atoms with E-state index in [1.807, 2.05) is 31.2 Å². The molecular weight excluding hydrogens is 346 g/mol. The van der Waals surface area contributed by atoms with Gasteiger partial charge < -0.3 is 4.42 Å². The van der Waals surface area contributed by atoms with Crippen molar-refractivity contribution in [3.05, 3.63) is 52.1 Å². The molecule has 0 N–H and O–H groups in total. The zero-order valence-electron chi connectivity index (χ0n) is 13.1. The number of imide groups is 1. The van der Waals surface area contributed by atoms with Gasteiger partial charge in [0.15, 0.2) is 0 Å². The lowest BCUT2D eigenvalue weighted by Gasteiger charge is -2.10. The summed E-state index contributed by atoms with van der Waals surface area (Å²) in [5.41, 5.74) is 0.859. The zero-order valence-corrected chi connectivity index (χ0v) is 14.7. The maximum atomic E-state index is 12.3. The Kier molecular flexibility index (Phi) is 5.11. The van der Waals surface area contributed by atoms with E-state index in [2.05, 4.69) is 0 Å². The third-order valence-electron chi connectivity index (χ3n) is 3.62. The summed E-state index contributed by atoms with van der Waals surface area (Å²) >= 11 is 6.94. The molecule has 1 aromatic carbocycles. The second-order valence-electron chi connectivity index (χ2n) is 5.40. The summed E-state index contributed by atoms with van der Waals surface area (Å²) in [5.74, 6) is 0.944. The van der Waals surface area contributed by atoms with Gasteiger partial charge in [0, 0.05) is 23.2 Å². The van der Waals surface area contributed by atoms with Gasteiger partial charge in [0.25, 0.3) is 11.1 Å². The predicted molar refractivity (Wildman–Crippen MR) is 96.7 cm³/mol. The molecule has 24 heavy (non-hydrogen) atoms. The highest BCUT2D eigenvalue weighted by Gasteiger charge is 2.34. The number of hydrogen-bond acceptors (Lipinski definition) is 4. The molecule has 0 saturated carbocycles. The van der Waals surface area contributed by atoms with Gasteiger partial charge in [-0.05, 0) is 42.4 Å². The van der Waals surface area contributed by atoms with Crippen LogP contribution in [0.15, 0.2) is 45.7 Å². The summed E-state index contributed by atoms with van der Waals surface area (Å²) in [6, 6.07) is 10.9. The summed E-state index contributed by atoms with van der Waals surface area (Å²) < 4.78 is 5.76. The van der Waals surface area contributed by atoms with Crippen LogP contribution in [0.5, 0.6) is 0 Å². The molecule has 0 aliphatic carbocycles. The van der Waals surface area contributed by atoms with E-state index in [0.29, 0.717) is 28.0 Å². The average molecular weight is 362 g/mol. The van der Waals surface area contributed by atoms with Crippen LogP contribution in [0.2, 0.25) is 5.02 Å². The normalized spacial score (nSPS) is 16.4. The summed E-state index contributed by atoms with van der Waals surface area (Å²) in [4.78, 5) is 25.9. The molecular formula is C18H16ClNO3S. The molecule has 1 aliphatic rings. The summed E-state index contributed by atoms with van der Waals surface area (Å²) in [7, 11) is 0. The molecule has 0 bridgehead atoms. The van der Waals surface area contributed by atoms with Gasteiger partial charge in [-0.15, -0.1) is 0 Å². The van der Waals surface area contributed by atoms with Crippen LogP contribution in [0, 0.1) is 0 Å². The van der Waals surface area contributed by atoms with Crippen molar-refractivity contribution in [1.29, 1.82) is 0 Å². The minimum atomic E-state index is -0.251. The van der Waals surface area contributed by atoms with Crippen molar-refractivity contribution in [2.24, 2.45) is 0 Å². The highest BCUT2D eigenvalue weighted by molar-refractivity contribution is 8.18. The fourth-order valence-electron chi connectivity index (χ4n) is 2.37. The number of rotatable bonds is 5. The number of unbranched alkanes of at least 4 members (excludes halogenated alkanes) is 1. The summed E-state index contributed by atoms with van der Waals surface area (Å²) in [6.45, 7) is 2.49. The molecule has 1 aliphatic heterocycles. The monoisotopic (exact) mass is 361 g/mol. The molecule has 0 unspecified atom stereocenters. The number of thioether (sulfide) groups is 1. The van der Waals surface area contributed by atoms with Crippen molar-refractivity contribution >= 4 is 40.6 Å². The molecule has 124 valence electrons. The summed E-state index contributed by atoms with van der Waals surface area (Å²) in [6.07, 6.45) is 3.36. The van der Waals surface area contributed by atoms with Crippen LogP contribution < -0.4 is 0 Å². The lowest BCUT2D eigenvalue weighted by Crippen LogP contribution is -2.29. The Morgan fingerprint density at radius 3 is 2.83 bits per heavy atom. The minimum absolute atomic E-state index is 0.221. The second-order valence-corrected chi connectivity index (χ2v) is 6.83. The Bertz CT molecular complexity index is 812. The number of hydrogen-bond donors (Lipinski definition) is 0. The number of carbonyl (C=O) groups is 2. The van der Waals surface area contributed by atoms with Crippen LogP contribution in [0.1, 0.15) is 25.5 Å². The second kappa shape index (κ2) is 7.28. The summed E-state index contributed by atoms with van der Waals surface area (Å²) in [5, 5.41) is 0.406. The molecule has 0 radical (unpaired) electrons. The van der Waals surface area contributed by atoms with Gasteiger partial charge in [-0.1, -0.05) is 37.1 Å². The van der Waals surface area contributed by atoms with E-state index in [9.17, 15) is 9.59 Å². The van der Waals surface area contributed by atoms with E-state index in [-0.39, 0.29) is 11.1 Å². The minimum Gasteiger partial charge on any atom is -0.457 e.